The van der Waals surface area contributed by atoms with Crippen molar-refractivity contribution in [1.82, 2.24) is 0 Å². The second kappa shape index (κ2) is 8.17. The molecule has 1 aliphatic heterocycles. The average Bonchev–Trinajstić information content (AvgIpc) is 2.67. The van der Waals surface area contributed by atoms with Crippen LogP contribution < -0.4 is 4.74 Å². The van der Waals surface area contributed by atoms with Crippen LogP contribution >= 0.6 is 23.5 Å². The molecule has 0 saturated carbocycles. The van der Waals surface area contributed by atoms with Crippen LogP contribution in [0.1, 0.15) is 23.7 Å². The number of carbonyl (C=O) groups is 1. The van der Waals surface area contributed by atoms with E-state index in [1.165, 1.54) is 0 Å². The zero-order valence-corrected chi connectivity index (χ0v) is 15.3. The summed E-state index contributed by atoms with van der Waals surface area (Å²) < 4.78 is 4.79. The monoisotopic (exact) mass is 376 g/mol. The number of carboxylic acid groups (broad SMARTS) is 1. The van der Waals surface area contributed by atoms with Gasteiger partial charge in [-0.15, -0.1) is 23.5 Å². The summed E-state index contributed by atoms with van der Waals surface area (Å²) in [7, 11) is 0. The lowest BCUT2D eigenvalue weighted by atomic mass is 10.00. The highest BCUT2D eigenvalue weighted by atomic mass is 32.2. The van der Waals surface area contributed by atoms with Crippen molar-refractivity contribution >= 4 is 29.5 Å². The van der Waals surface area contributed by atoms with Crippen LogP contribution in [0, 0.1) is 0 Å². The van der Waals surface area contributed by atoms with Crippen molar-refractivity contribution in [3.8, 4) is 5.75 Å². The summed E-state index contributed by atoms with van der Waals surface area (Å²) in [4.78, 5) is 10.7. The number of ether oxygens (including phenoxy) is 1. The molecule has 0 spiro atoms. The smallest absolute Gasteiger partial charge is 0.341 e. The Morgan fingerprint density at radius 1 is 1.12 bits per heavy atom. The fourth-order valence-corrected chi connectivity index (χ4v) is 6.23. The molecule has 2 aromatic rings. The molecule has 1 atom stereocenters. The van der Waals surface area contributed by atoms with Gasteiger partial charge in [0.1, 0.15) is 15.9 Å². The Morgan fingerprint density at radius 3 is 2.52 bits per heavy atom. The third-order valence-electron chi connectivity index (χ3n) is 3.99. The first-order valence-electron chi connectivity index (χ1n) is 8.08. The fourth-order valence-electron chi connectivity index (χ4n) is 2.84. The van der Waals surface area contributed by atoms with Gasteiger partial charge < -0.3 is 14.9 Å². The minimum Gasteiger partial charge on any atom is -0.482 e. The first kappa shape index (κ1) is 18.2. The SMILES string of the molecule is O=C(O)COc1cccc(C(O)C2(c3ccccc3)SCCCS2)c1. The van der Waals surface area contributed by atoms with Crippen LogP contribution in [0.3, 0.4) is 0 Å². The predicted octanol–water partition coefficient (Wildman–Crippen LogP) is 3.91. The van der Waals surface area contributed by atoms with Gasteiger partial charge in [-0.1, -0.05) is 42.5 Å². The molecule has 1 aliphatic rings. The molecule has 6 heteroatoms. The van der Waals surface area contributed by atoms with E-state index in [1.54, 1.807) is 41.7 Å². The fraction of sp³-hybridized carbons (Fsp3) is 0.316. The summed E-state index contributed by atoms with van der Waals surface area (Å²) in [6.45, 7) is -0.396. The van der Waals surface area contributed by atoms with E-state index < -0.39 is 22.8 Å². The maximum Gasteiger partial charge on any atom is 0.341 e. The Kier molecular flexibility index (Phi) is 5.93. The Bertz CT molecular complexity index is 714. The standard InChI is InChI=1S/C19H20O4S2/c20-17(21)13-23-16-9-4-6-14(12-16)18(22)19(24-10-5-11-25-19)15-7-2-1-3-8-15/h1-4,6-9,12,18,22H,5,10-11,13H2,(H,20,21). The van der Waals surface area contributed by atoms with Gasteiger partial charge in [-0.25, -0.2) is 4.79 Å². The van der Waals surface area contributed by atoms with Gasteiger partial charge in [0.2, 0.25) is 0 Å². The minimum atomic E-state index is -1.02. The molecule has 1 unspecified atom stereocenters. The van der Waals surface area contributed by atoms with E-state index >= 15 is 0 Å². The van der Waals surface area contributed by atoms with E-state index in [0.717, 1.165) is 29.1 Å². The number of aliphatic hydroxyl groups excluding tert-OH is 1. The lowest BCUT2D eigenvalue weighted by Gasteiger charge is -2.40. The summed E-state index contributed by atoms with van der Waals surface area (Å²) in [6, 6.07) is 17.1. The van der Waals surface area contributed by atoms with Crippen LogP contribution in [0.4, 0.5) is 0 Å². The first-order chi connectivity index (χ1) is 12.1. The quantitative estimate of drug-likeness (QED) is 0.797. The number of aliphatic carboxylic acids is 1. The number of benzene rings is 2. The van der Waals surface area contributed by atoms with Crippen LogP contribution in [-0.4, -0.2) is 34.3 Å². The zero-order valence-electron chi connectivity index (χ0n) is 13.6. The van der Waals surface area contributed by atoms with Gasteiger partial charge in [-0.2, -0.15) is 0 Å². The molecule has 0 aliphatic carbocycles. The van der Waals surface area contributed by atoms with Crippen molar-refractivity contribution in [2.75, 3.05) is 18.1 Å². The van der Waals surface area contributed by atoms with E-state index in [9.17, 15) is 9.90 Å². The van der Waals surface area contributed by atoms with Crippen molar-refractivity contribution in [3.05, 3.63) is 65.7 Å². The van der Waals surface area contributed by atoms with Gasteiger partial charge in [0.15, 0.2) is 6.61 Å². The summed E-state index contributed by atoms with van der Waals surface area (Å²) >= 11 is 3.54. The van der Waals surface area contributed by atoms with Crippen molar-refractivity contribution in [2.45, 2.75) is 16.6 Å². The summed E-state index contributed by atoms with van der Waals surface area (Å²) in [5.41, 5.74) is 1.82. The molecule has 0 radical (unpaired) electrons. The van der Waals surface area contributed by atoms with Gasteiger partial charge in [-0.05, 0) is 41.2 Å². The number of carboxylic acids is 1. The Balaban J connectivity index is 1.91. The second-order valence-electron chi connectivity index (χ2n) is 5.74. The summed E-state index contributed by atoms with van der Waals surface area (Å²) in [5.74, 6) is 1.42. The lowest BCUT2D eigenvalue weighted by Crippen LogP contribution is -2.30. The molecular weight excluding hydrogens is 356 g/mol. The molecule has 1 saturated heterocycles. The Hall–Kier alpha value is -1.63. The predicted molar refractivity (Wildman–Crippen MR) is 102 cm³/mol. The van der Waals surface area contributed by atoms with Crippen molar-refractivity contribution < 1.29 is 19.7 Å². The molecule has 25 heavy (non-hydrogen) atoms. The molecule has 0 amide bonds. The van der Waals surface area contributed by atoms with Crippen molar-refractivity contribution in [3.63, 3.8) is 0 Å². The minimum absolute atomic E-state index is 0.396. The normalized spacial score (nSPS) is 17.6. The van der Waals surface area contributed by atoms with Gasteiger partial charge in [0.25, 0.3) is 0 Å². The molecular formula is C19H20O4S2. The number of hydrogen-bond acceptors (Lipinski definition) is 5. The Labute approximate surface area is 155 Å². The maximum atomic E-state index is 11.2. The molecule has 0 aromatic heterocycles. The van der Waals surface area contributed by atoms with Crippen LogP contribution in [0.2, 0.25) is 0 Å². The highest BCUT2D eigenvalue weighted by Crippen LogP contribution is 2.57. The van der Waals surface area contributed by atoms with Gasteiger partial charge in [-0.3, -0.25) is 0 Å². The maximum absolute atomic E-state index is 11.2. The second-order valence-corrected chi connectivity index (χ2v) is 8.68. The largest absolute Gasteiger partial charge is 0.482 e. The van der Waals surface area contributed by atoms with Gasteiger partial charge >= 0.3 is 5.97 Å². The van der Waals surface area contributed by atoms with Crippen molar-refractivity contribution in [2.24, 2.45) is 0 Å². The molecule has 4 nitrogen and oxygen atoms in total. The van der Waals surface area contributed by atoms with Crippen LogP contribution in [0.25, 0.3) is 0 Å². The molecule has 1 heterocycles. The average molecular weight is 376 g/mol. The van der Waals surface area contributed by atoms with Crippen LogP contribution in [0.15, 0.2) is 54.6 Å². The van der Waals surface area contributed by atoms with E-state index in [2.05, 4.69) is 12.1 Å². The molecule has 132 valence electrons. The molecule has 2 aromatic carbocycles. The van der Waals surface area contributed by atoms with Gasteiger partial charge in [0, 0.05) is 0 Å². The number of aliphatic hydroxyl groups is 1. The molecule has 2 N–H and O–H groups in total. The zero-order chi connectivity index (χ0) is 17.7. The molecule has 3 rings (SSSR count). The van der Waals surface area contributed by atoms with Crippen LogP contribution in [0.5, 0.6) is 5.75 Å². The molecule has 0 bridgehead atoms. The van der Waals surface area contributed by atoms with E-state index in [-0.39, 0.29) is 0 Å². The summed E-state index contributed by atoms with van der Waals surface area (Å²) in [6.07, 6.45) is 0.400. The highest BCUT2D eigenvalue weighted by molar-refractivity contribution is 8.18. The third kappa shape index (κ3) is 4.14. The van der Waals surface area contributed by atoms with Crippen molar-refractivity contribution in [1.29, 1.82) is 0 Å². The van der Waals surface area contributed by atoms with Crippen LogP contribution in [-0.2, 0) is 8.87 Å². The summed E-state index contributed by atoms with van der Waals surface area (Å²) in [5, 5.41) is 20.0. The number of thioether (sulfide) groups is 2. The van der Waals surface area contributed by atoms with E-state index in [4.69, 9.17) is 9.84 Å². The highest BCUT2D eigenvalue weighted by Gasteiger charge is 2.43. The van der Waals surface area contributed by atoms with E-state index in [1.807, 2.05) is 24.3 Å². The number of rotatable bonds is 6. The first-order valence-corrected chi connectivity index (χ1v) is 10.0. The van der Waals surface area contributed by atoms with E-state index in [0.29, 0.717) is 5.75 Å². The third-order valence-corrected chi connectivity index (χ3v) is 7.46. The molecule has 1 fully saturated rings. The van der Waals surface area contributed by atoms with Gasteiger partial charge in [0.05, 0.1) is 0 Å². The lowest BCUT2D eigenvalue weighted by molar-refractivity contribution is -0.139. The topological polar surface area (TPSA) is 66.8 Å². The number of hydrogen-bond donors (Lipinski definition) is 2. The Morgan fingerprint density at radius 2 is 1.84 bits per heavy atom.